The van der Waals surface area contributed by atoms with Gasteiger partial charge in [0.1, 0.15) is 0 Å². The van der Waals surface area contributed by atoms with Gasteiger partial charge in [-0.2, -0.15) is 0 Å². The van der Waals surface area contributed by atoms with Crippen molar-refractivity contribution in [2.24, 2.45) is 0 Å². The number of amides is 1. The van der Waals surface area contributed by atoms with Gasteiger partial charge in [0.15, 0.2) is 0 Å². The molecule has 1 amide bonds. The van der Waals surface area contributed by atoms with Gasteiger partial charge >= 0.3 is 0 Å². The smallest absolute Gasteiger partial charge is 0.258 e. The van der Waals surface area contributed by atoms with Crippen LogP contribution < -0.4 is 4.90 Å². The Bertz CT molecular complexity index is 1160. The molecule has 0 fully saturated rings. The number of carbonyl (C=O) groups excluding carboxylic acids is 1. The van der Waals surface area contributed by atoms with Crippen molar-refractivity contribution < 1.29 is 13.2 Å². The standard InChI is InChI=1S/C22H21N3O3S/c1-24(2)29(27,28)20-6-3-17(4-7-20)22(26)25-14-11-19-15-18(5-8-21(19)25)16-9-12-23-13-10-16/h3-10,12-13,15H,11,14H2,1-2H3. The number of nitrogens with zero attached hydrogens (tertiary/aromatic N) is 3. The van der Waals surface area contributed by atoms with Crippen LogP contribution in [0.4, 0.5) is 5.69 Å². The lowest BCUT2D eigenvalue weighted by Gasteiger charge is -2.18. The third-order valence-corrected chi connectivity index (χ3v) is 6.94. The van der Waals surface area contributed by atoms with Crippen molar-refractivity contribution in [2.75, 3.05) is 25.5 Å². The molecule has 2 aromatic carbocycles. The van der Waals surface area contributed by atoms with Crippen molar-refractivity contribution in [3.05, 3.63) is 78.1 Å². The molecule has 0 bridgehead atoms. The molecule has 0 radical (unpaired) electrons. The molecule has 6 nitrogen and oxygen atoms in total. The maximum atomic E-state index is 13.0. The fourth-order valence-electron chi connectivity index (χ4n) is 3.47. The number of carbonyl (C=O) groups is 1. The Balaban J connectivity index is 1.59. The summed E-state index contributed by atoms with van der Waals surface area (Å²) in [7, 11) is -0.550. The van der Waals surface area contributed by atoms with E-state index in [9.17, 15) is 13.2 Å². The Morgan fingerprint density at radius 2 is 1.66 bits per heavy atom. The first kappa shape index (κ1) is 19.3. The average Bonchev–Trinajstić information content (AvgIpc) is 3.17. The van der Waals surface area contributed by atoms with Gasteiger partial charge in [-0.3, -0.25) is 9.78 Å². The van der Waals surface area contributed by atoms with Gasteiger partial charge in [-0.05, 0) is 71.6 Å². The fraction of sp³-hybridized carbons (Fsp3) is 0.182. The molecule has 0 unspecified atom stereocenters. The highest BCUT2D eigenvalue weighted by molar-refractivity contribution is 7.89. The molecule has 3 aromatic rings. The number of fused-ring (bicyclic) bond motifs is 1. The lowest BCUT2D eigenvalue weighted by molar-refractivity contribution is 0.0989. The predicted octanol–water partition coefficient (Wildman–Crippen LogP) is 3.20. The number of hydrogen-bond acceptors (Lipinski definition) is 4. The van der Waals surface area contributed by atoms with Crippen LogP contribution in [0.15, 0.2) is 71.9 Å². The van der Waals surface area contributed by atoms with Crippen LogP contribution in [-0.2, 0) is 16.4 Å². The minimum Gasteiger partial charge on any atom is -0.308 e. The second kappa shape index (κ2) is 7.42. The molecule has 1 aliphatic heterocycles. The zero-order valence-corrected chi connectivity index (χ0v) is 17.1. The molecule has 7 heteroatoms. The van der Waals surface area contributed by atoms with Crippen molar-refractivity contribution in [3.8, 4) is 11.1 Å². The van der Waals surface area contributed by atoms with Gasteiger partial charge < -0.3 is 4.90 Å². The number of pyridine rings is 1. The molecular formula is C22H21N3O3S. The minimum absolute atomic E-state index is 0.130. The summed E-state index contributed by atoms with van der Waals surface area (Å²) in [4.78, 5) is 19.0. The fourth-order valence-corrected chi connectivity index (χ4v) is 4.37. The third-order valence-electron chi connectivity index (χ3n) is 5.11. The molecule has 0 N–H and O–H groups in total. The van der Waals surface area contributed by atoms with Crippen LogP contribution >= 0.6 is 0 Å². The summed E-state index contributed by atoms with van der Waals surface area (Å²) in [5.41, 5.74) is 4.68. The molecule has 2 heterocycles. The van der Waals surface area contributed by atoms with Crippen molar-refractivity contribution in [1.29, 1.82) is 0 Å². The van der Waals surface area contributed by atoms with Crippen LogP contribution in [0.3, 0.4) is 0 Å². The van der Waals surface area contributed by atoms with Crippen molar-refractivity contribution in [1.82, 2.24) is 9.29 Å². The number of sulfonamides is 1. The maximum Gasteiger partial charge on any atom is 0.258 e. The molecular weight excluding hydrogens is 386 g/mol. The molecule has 29 heavy (non-hydrogen) atoms. The van der Waals surface area contributed by atoms with E-state index in [1.807, 2.05) is 24.3 Å². The molecule has 0 atom stereocenters. The number of anilines is 1. The SMILES string of the molecule is CN(C)S(=O)(=O)c1ccc(C(=O)N2CCc3cc(-c4ccncc4)ccc32)cc1. The van der Waals surface area contributed by atoms with Gasteiger partial charge in [0.2, 0.25) is 10.0 Å². The Hall–Kier alpha value is -3.03. The topological polar surface area (TPSA) is 70.6 Å². The molecule has 148 valence electrons. The summed E-state index contributed by atoms with van der Waals surface area (Å²) in [5.74, 6) is -0.130. The lowest BCUT2D eigenvalue weighted by Crippen LogP contribution is -2.29. The second-order valence-electron chi connectivity index (χ2n) is 7.10. The Morgan fingerprint density at radius 1 is 0.966 bits per heavy atom. The van der Waals surface area contributed by atoms with Crippen molar-refractivity contribution in [2.45, 2.75) is 11.3 Å². The average molecular weight is 407 g/mol. The molecule has 0 aliphatic carbocycles. The van der Waals surface area contributed by atoms with Gasteiger partial charge in [0.25, 0.3) is 5.91 Å². The zero-order valence-electron chi connectivity index (χ0n) is 16.2. The van der Waals surface area contributed by atoms with Gasteiger partial charge in [-0.1, -0.05) is 6.07 Å². The summed E-state index contributed by atoms with van der Waals surface area (Å²) in [6.07, 6.45) is 4.31. The van der Waals surface area contributed by atoms with Gasteiger partial charge in [-0.15, -0.1) is 0 Å². The van der Waals surface area contributed by atoms with E-state index >= 15 is 0 Å². The number of rotatable bonds is 4. The number of aromatic nitrogens is 1. The van der Waals surface area contributed by atoms with E-state index in [-0.39, 0.29) is 10.8 Å². The molecule has 1 aliphatic rings. The quantitative estimate of drug-likeness (QED) is 0.666. The minimum atomic E-state index is -3.51. The van der Waals surface area contributed by atoms with Gasteiger partial charge in [-0.25, -0.2) is 12.7 Å². The van der Waals surface area contributed by atoms with E-state index in [0.717, 1.165) is 33.1 Å². The Kier molecular flexibility index (Phi) is 4.94. The molecule has 1 aromatic heterocycles. The third kappa shape index (κ3) is 3.54. The summed E-state index contributed by atoms with van der Waals surface area (Å²) >= 11 is 0. The molecule has 4 rings (SSSR count). The maximum absolute atomic E-state index is 13.0. The summed E-state index contributed by atoms with van der Waals surface area (Å²) in [6, 6.07) is 16.1. The normalized spacial score (nSPS) is 13.6. The van der Waals surface area contributed by atoms with Crippen LogP contribution in [0.5, 0.6) is 0 Å². The highest BCUT2D eigenvalue weighted by Crippen LogP contribution is 2.33. The van der Waals surface area contributed by atoms with Crippen LogP contribution in [0.2, 0.25) is 0 Å². The highest BCUT2D eigenvalue weighted by atomic mass is 32.2. The number of benzene rings is 2. The Morgan fingerprint density at radius 3 is 2.31 bits per heavy atom. The first-order chi connectivity index (χ1) is 13.9. The Labute approximate surface area is 170 Å². The van der Waals surface area contributed by atoms with Gasteiger partial charge in [0, 0.05) is 44.3 Å². The lowest BCUT2D eigenvalue weighted by atomic mass is 10.0. The summed E-state index contributed by atoms with van der Waals surface area (Å²) in [6.45, 7) is 0.603. The first-order valence-corrected chi connectivity index (χ1v) is 10.7. The first-order valence-electron chi connectivity index (χ1n) is 9.26. The monoisotopic (exact) mass is 407 g/mol. The van der Waals surface area contributed by atoms with E-state index in [1.54, 1.807) is 29.4 Å². The molecule has 0 saturated carbocycles. The van der Waals surface area contributed by atoms with Crippen molar-refractivity contribution >= 4 is 21.6 Å². The van der Waals surface area contributed by atoms with E-state index in [4.69, 9.17) is 0 Å². The molecule has 0 spiro atoms. The van der Waals surface area contributed by atoms with E-state index in [1.165, 1.54) is 26.2 Å². The van der Waals surface area contributed by atoms with E-state index in [0.29, 0.717) is 12.1 Å². The summed E-state index contributed by atoms with van der Waals surface area (Å²) < 4.78 is 25.6. The predicted molar refractivity (Wildman–Crippen MR) is 112 cm³/mol. The zero-order chi connectivity index (χ0) is 20.6. The largest absolute Gasteiger partial charge is 0.308 e. The van der Waals surface area contributed by atoms with E-state index < -0.39 is 10.0 Å². The van der Waals surface area contributed by atoms with Crippen LogP contribution in [-0.4, -0.2) is 44.3 Å². The highest BCUT2D eigenvalue weighted by Gasteiger charge is 2.26. The van der Waals surface area contributed by atoms with E-state index in [2.05, 4.69) is 11.1 Å². The van der Waals surface area contributed by atoms with Crippen LogP contribution in [0.1, 0.15) is 15.9 Å². The van der Waals surface area contributed by atoms with Crippen LogP contribution in [0.25, 0.3) is 11.1 Å². The molecule has 0 saturated heterocycles. The van der Waals surface area contributed by atoms with Crippen molar-refractivity contribution in [3.63, 3.8) is 0 Å². The summed E-state index contributed by atoms with van der Waals surface area (Å²) in [5, 5.41) is 0. The second-order valence-corrected chi connectivity index (χ2v) is 9.25. The van der Waals surface area contributed by atoms with Crippen LogP contribution in [0, 0.1) is 0 Å². The number of hydrogen-bond donors (Lipinski definition) is 0. The van der Waals surface area contributed by atoms with Gasteiger partial charge in [0.05, 0.1) is 4.90 Å².